The summed E-state index contributed by atoms with van der Waals surface area (Å²) < 4.78 is 0. The van der Waals surface area contributed by atoms with E-state index in [4.69, 9.17) is 21.1 Å². The van der Waals surface area contributed by atoms with Crippen molar-refractivity contribution in [3.8, 4) is 0 Å². The second-order valence-electron chi connectivity index (χ2n) is 4.33. The molecule has 9 nitrogen and oxygen atoms in total. The zero-order valence-corrected chi connectivity index (χ0v) is 10.6. The first-order chi connectivity index (χ1) is 8.95. The summed E-state index contributed by atoms with van der Waals surface area (Å²) in [6, 6.07) is -1.24. The molecule has 0 bridgehead atoms. The van der Waals surface area contributed by atoms with E-state index in [1.54, 1.807) is 5.01 Å². The Hall–Kier alpha value is -1.42. The van der Waals surface area contributed by atoms with E-state index in [9.17, 15) is 9.59 Å². The van der Waals surface area contributed by atoms with E-state index < -0.39 is 18.1 Å². The molecule has 1 saturated heterocycles. The van der Waals surface area contributed by atoms with E-state index in [-0.39, 0.29) is 13.2 Å². The van der Waals surface area contributed by atoms with Gasteiger partial charge in [-0.1, -0.05) is 0 Å². The van der Waals surface area contributed by atoms with Crippen molar-refractivity contribution in [1.29, 1.82) is 0 Å². The third kappa shape index (κ3) is 4.63. The zero-order chi connectivity index (χ0) is 14.4. The van der Waals surface area contributed by atoms with Gasteiger partial charge in [0.05, 0.1) is 13.2 Å². The number of aliphatic hydroxyl groups excluding tert-OH is 1. The summed E-state index contributed by atoms with van der Waals surface area (Å²) in [4.78, 5) is 23.8. The number of carboxylic acids is 1. The van der Waals surface area contributed by atoms with Gasteiger partial charge >= 0.3 is 12.1 Å². The van der Waals surface area contributed by atoms with Gasteiger partial charge in [0.25, 0.3) is 0 Å². The minimum Gasteiger partial charge on any atom is -0.480 e. The fourth-order valence-corrected chi connectivity index (χ4v) is 1.92. The van der Waals surface area contributed by atoms with Crippen molar-refractivity contribution in [2.24, 2.45) is 5.73 Å². The van der Waals surface area contributed by atoms with Crippen molar-refractivity contribution >= 4 is 12.1 Å². The molecule has 1 unspecified atom stereocenters. The number of β-amino-alcohol motifs (C(OH)–C–C–N with tert-alkyl or cyclic N) is 1. The van der Waals surface area contributed by atoms with E-state index in [2.05, 4.69) is 0 Å². The first-order valence-electron chi connectivity index (χ1n) is 6.02. The van der Waals surface area contributed by atoms with E-state index >= 15 is 0 Å². The molecule has 5 N–H and O–H groups in total. The van der Waals surface area contributed by atoms with Crippen LogP contribution in [0.4, 0.5) is 4.79 Å². The maximum absolute atomic E-state index is 11.1. The van der Waals surface area contributed by atoms with Crippen LogP contribution in [0.2, 0.25) is 0 Å². The van der Waals surface area contributed by atoms with E-state index in [1.807, 2.05) is 4.90 Å². The van der Waals surface area contributed by atoms with E-state index in [0.717, 1.165) is 5.01 Å². The lowest BCUT2D eigenvalue weighted by Crippen LogP contribution is -2.58. The minimum absolute atomic E-state index is 0.0620. The Labute approximate surface area is 110 Å². The number of nitrogens with two attached hydrogens (primary N) is 1. The molecule has 1 fully saturated rings. The molecule has 1 aliphatic rings. The Morgan fingerprint density at radius 3 is 2.21 bits per heavy atom. The first kappa shape index (κ1) is 15.6. The lowest BCUT2D eigenvalue weighted by Gasteiger charge is -2.39. The molecule has 0 spiro atoms. The molecule has 0 aromatic carbocycles. The summed E-state index contributed by atoms with van der Waals surface area (Å²) in [6.45, 7) is 2.49. The molecule has 1 rings (SSSR count). The largest absolute Gasteiger partial charge is 0.480 e. The highest BCUT2D eigenvalue weighted by Gasteiger charge is 2.28. The van der Waals surface area contributed by atoms with Crippen LogP contribution in [0.25, 0.3) is 0 Å². The summed E-state index contributed by atoms with van der Waals surface area (Å²) >= 11 is 0. The number of rotatable bonds is 6. The van der Waals surface area contributed by atoms with Gasteiger partial charge in [-0.05, 0) is 0 Å². The molecule has 110 valence electrons. The Morgan fingerprint density at radius 2 is 1.79 bits per heavy atom. The van der Waals surface area contributed by atoms with Gasteiger partial charge < -0.3 is 21.1 Å². The molecule has 19 heavy (non-hydrogen) atoms. The van der Waals surface area contributed by atoms with Crippen molar-refractivity contribution in [3.05, 3.63) is 0 Å². The lowest BCUT2D eigenvalue weighted by atomic mass is 10.3. The molecule has 9 heteroatoms. The van der Waals surface area contributed by atoms with Crippen molar-refractivity contribution in [2.45, 2.75) is 6.04 Å². The van der Waals surface area contributed by atoms with Gasteiger partial charge in [-0.2, -0.15) is 0 Å². The number of carboxylic acid groups (broad SMARTS) is 2. The Balaban J connectivity index is 2.54. The lowest BCUT2D eigenvalue weighted by molar-refractivity contribution is -0.140. The maximum atomic E-state index is 11.1. The van der Waals surface area contributed by atoms with Crippen molar-refractivity contribution in [3.63, 3.8) is 0 Å². The van der Waals surface area contributed by atoms with Gasteiger partial charge in [0, 0.05) is 32.7 Å². The van der Waals surface area contributed by atoms with Gasteiger partial charge in [-0.15, -0.1) is 0 Å². The summed E-state index contributed by atoms with van der Waals surface area (Å²) in [6.07, 6.45) is -1.22. The van der Waals surface area contributed by atoms with Crippen LogP contribution in [-0.2, 0) is 4.79 Å². The molecular formula is C10H20N4O5. The normalized spacial score (nSPS) is 19.1. The Morgan fingerprint density at radius 1 is 1.21 bits per heavy atom. The fraction of sp³-hybridized carbons (Fsp3) is 0.800. The predicted octanol–water partition coefficient (Wildman–Crippen LogP) is -2.10. The van der Waals surface area contributed by atoms with E-state index in [0.29, 0.717) is 32.7 Å². The van der Waals surface area contributed by atoms with Crippen LogP contribution < -0.4 is 5.73 Å². The number of hydrogen-bond acceptors (Lipinski definition) is 6. The number of hydrazine groups is 1. The van der Waals surface area contributed by atoms with Gasteiger partial charge in [0.1, 0.15) is 6.04 Å². The highest BCUT2D eigenvalue weighted by molar-refractivity contribution is 5.74. The number of carbonyl (C=O) groups is 2. The number of amides is 1. The monoisotopic (exact) mass is 276 g/mol. The molecule has 0 aromatic heterocycles. The van der Waals surface area contributed by atoms with Gasteiger partial charge in [-0.3, -0.25) is 9.69 Å². The van der Waals surface area contributed by atoms with Crippen molar-refractivity contribution in [1.82, 2.24) is 14.9 Å². The minimum atomic E-state index is -1.24. The molecule has 0 radical (unpaired) electrons. The van der Waals surface area contributed by atoms with Gasteiger partial charge in [-0.25, -0.2) is 14.8 Å². The fourth-order valence-electron chi connectivity index (χ4n) is 1.92. The van der Waals surface area contributed by atoms with Gasteiger partial charge in [0.2, 0.25) is 0 Å². The molecule has 1 heterocycles. The van der Waals surface area contributed by atoms with Crippen LogP contribution in [0.15, 0.2) is 0 Å². The second-order valence-corrected chi connectivity index (χ2v) is 4.33. The van der Waals surface area contributed by atoms with Crippen LogP contribution in [0, 0.1) is 0 Å². The third-order valence-electron chi connectivity index (χ3n) is 3.01. The quantitative estimate of drug-likeness (QED) is 0.434. The van der Waals surface area contributed by atoms with E-state index in [1.165, 1.54) is 0 Å². The Kier molecular flexibility index (Phi) is 5.96. The standard InChI is InChI=1S/C10H20N4O5/c11-8(9(16)17)7-14(10(18)19)13-3-1-12(2-4-13)5-6-15/h8,15H,1-7,11H2,(H,16,17)(H,18,19). The molecule has 0 aromatic rings. The highest BCUT2D eigenvalue weighted by Crippen LogP contribution is 2.07. The number of hydrogen-bond donors (Lipinski definition) is 4. The smallest absolute Gasteiger partial charge is 0.422 e. The van der Waals surface area contributed by atoms with Crippen LogP contribution in [0.3, 0.4) is 0 Å². The zero-order valence-electron chi connectivity index (χ0n) is 10.6. The van der Waals surface area contributed by atoms with Crippen LogP contribution in [0.1, 0.15) is 0 Å². The average molecular weight is 276 g/mol. The number of aliphatic hydroxyl groups is 1. The molecular weight excluding hydrogens is 256 g/mol. The first-order valence-corrected chi connectivity index (χ1v) is 6.02. The second kappa shape index (κ2) is 7.24. The number of aliphatic carboxylic acids is 1. The highest BCUT2D eigenvalue weighted by atomic mass is 16.4. The molecule has 1 atom stereocenters. The molecule has 0 aliphatic carbocycles. The summed E-state index contributed by atoms with van der Waals surface area (Å²) in [5, 5.41) is 29.2. The summed E-state index contributed by atoms with van der Waals surface area (Å²) in [5.74, 6) is -1.23. The maximum Gasteiger partial charge on any atom is 0.422 e. The van der Waals surface area contributed by atoms with Crippen molar-refractivity contribution in [2.75, 3.05) is 45.9 Å². The molecule has 1 aliphatic heterocycles. The SMILES string of the molecule is NC(CN(C(=O)O)N1CCN(CCO)CC1)C(=O)O. The molecule has 1 amide bonds. The Bertz CT molecular complexity index is 319. The van der Waals surface area contributed by atoms with Crippen LogP contribution in [-0.4, -0.2) is 94.2 Å². The summed E-state index contributed by atoms with van der Waals surface area (Å²) in [7, 11) is 0. The number of nitrogens with zero attached hydrogens (tertiary/aromatic N) is 3. The summed E-state index contributed by atoms with van der Waals surface area (Å²) in [5.41, 5.74) is 5.36. The van der Waals surface area contributed by atoms with Gasteiger partial charge in [0.15, 0.2) is 0 Å². The predicted molar refractivity (Wildman–Crippen MR) is 65.4 cm³/mol. The average Bonchev–Trinajstić information content (AvgIpc) is 2.36. The topological polar surface area (TPSA) is 131 Å². The number of piperazine rings is 1. The molecule has 0 saturated carbocycles. The third-order valence-corrected chi connectivity index (χ3v) is 3.01. The van der Waals surface area contributed by atoms with Crippen LogP contribution >= 0.6 is 0 Å². The van der Waals surface area contributed by atoms with Crippen molar-refractivity contribution < 1.29 is 24.9 Å². The van der Waals surface area contributed by atoms with Crippen LogP contribution in [0.5, 0.6) is 0 Å².